The third-order valence-electron chi connectivity index (χ3n) is 0.520. The predicted molar refractivity (Wildman–Crippen MR) is 28.1 cm³/mol. The van der Waals surface area contributed by atoms with E-state index in [9.17, 15) is 0 Å². The Balaban J connectivity index is 3.02. The maximum atomic E-state index is 3.90. The topological polar surface area (TPSA) is 25.8 Å². The molecule has 0 atom stereocenters. The van der Waals surface area contributed by atoms with Gasteiger partial charge in [-0.05, 0) is 6.07 Å². The molecule has 0 bridgehead atoms. The average molecular weight is 111 g/mol. The van der Waals surface area contributed by atoms with Crippen molar-refractivity contribution in [3.63, 3.8) is 0 Å². The second-order valence-corrected chi connectivity index (χ2v) is 1.47. The number of hydrogen-bond donors (Lipinski definition) is 1. The fraction of sp³-hybridized carbons (Fsp3) is 0. The molecule has 1 radical (unpaired) electrons. The van der Waals surface area contributed by atoms with Crippen molar-refractivity contribution in [3.05, 3.63) is 18.6 Å². The van der Waals surface area contributed by atoms with E-state index >= 15 is 0 Å². The minimum Gasteiger partial charge on any atom is -0.234 e. The summed E-state index contributed by atoms with van der Waals surface area (Å²) in [5.41, 5.74) is 0. The van der Waals surface area contributed by atoms with E-state index in [0.29, 0.717) is 5.03 Å². The predicted octanol–water partition coefficient (Wildman–Crippen LogP) is 0.565. The smallest absolute Gasteiger partial charge is 0.198 e. The molecule has 2 nitrogen and oxygen atoms in total. The van der Waals surface area contributed by atoms with Crippen LogP contribution in [0.4, 0.5) is 0 Å². The van der Waals surface area contributed by atoms with Crippen molar-refractivity contribution < 1.29 is 0 Å². The zero-order valence-electron chi connectivity index (χ0n) is 3.50. The van der Waals surface area contributed by atoms with Crippen LogP contribution in [0.3, 0.4) is 0 Å². The first-order chi connectivity index (χ1) is 3.39. The molecule has 1 aromatic heterocycles. The van der Waals surface area contributed by atoms with Gasteiger partial charge in [-0.15, -0.1) is 12.6 Å². The van der Waals surface area contributed by atoms with Gasteiger partial charge in [0.25, 0.3) is 0 Å². The summed E-state index contributed by atoms with van der Waals surface area (Å²) in [4.78, 5) is 7.17. The van der Waals surface area contributed by atoms with Crippen LogP contribution in [0.5, 0.6) is 0 Å². The van der Waals surface area contributed by atoms with Crippen LogP contribution in [0.2, 0.25) is 0 Å². The second-order valence-electron chi connectivity index (χ2n) is 1.01. The van der Waals surface area contributed by atoms with Gasteiger partial charge in [-0.1, -0.05) is 0 Å². The van der Waals surface area contributed by atoms with Crippen LogP contribution < -0.4 is 0 Å². The molecule has 1 aromatic rings. The normalized spacial score (nSPS) is 8.71. The minimum atomic E-state index is 0.648. The van der Waals surface area contributed by atoms with Gasteiger partial charge in [0.2, 0.25) is 0 Å². The molecule has 0 N–H and O–H groups in total. The second kappa shape index (κ2) is 1.93. The Morgan fingerprint density at radius 3 is 2.86 bits per heavy atom. The van der Waals surface area contributed by atoms with E-state index in [4.69, 9.17) is 0 Å². The molecule has 0 saturated carbocycles. The van der Waals surface area contributed by atoms with Gasteiger partial charge in [0, 0.05) is 6.20 Å². The Hall–Kier alpha value is -0.570. The monoisotopic (exact) mass is 111 g/mol. The third kappa shape index (κ3) is 1.16. The maximum Gasteiger partial charge on any atom is 0.198 e. The molecule has 1 heterocycles. The van der Waals surface area contributed by atoms with Crippen molar-refractivity contribution in [1.82, 2.24) is 9.97 Å². The fourth-order valence-electron chi connectivity index (χ4n) is 0.255. The van der Waals surface area contributed by atoms with E-state index in [1.807, 2.05) is 0 Å². The summed E-state index contributed by atoms with van der Waals surface area (Å²) in [6.07, 6.45) is 3.98. The Kier molecular flexibility index (Phi) is 1.26. The third-order valence-corrected chi connectivity index (χ3v) is 0.769. The number of aromatic nitrogens is 2. The molecule has 0 fully saturated rings. The first kappa shape index (κ1) is 4.59. The van der Waals surface area contributed by atoms with Gasteiger partial charge in [0.15, 0.2) is 6.33 Å². The molecule has 0 aliphatic carbocycles. The number of rotatable bonds is 0. The van der Waals surface area contributed by atoms with Gasteiger partial charge in [-0.3, -0.25) is 0 Å². The molecule has 0 spiro atoms. The lowest BCUT2D eigenvalue weighted by Gasteiger charge is -1.79. The highest BCUT2D eigenvalue weighted by molar-refractivity contribution is 7.80. The summed E-state index contributed by atoms with van der Waals surface area (Å²) in [7, 11) is 0. The molecule has 0 amide bonds. The quantitative estimate of drug-likeness (QED) is 0.391. The van der Waals surface area contributed by atoms with E-state index in [-0.39, 0.29) is 0 Å². The van der Waals surface area contributed by atoms with Crippen LogP contribution in [-0.2, 0) is 0 Å². The molecule has 1 rings (SSSR count). The Morgan fingerprint density at radius 2 is 2.57 bits per heavy atom. The molecule has 3 heteroatoms. The van der Waals surface area contributed by atoms with Gasteiger partial charge < -0.3 is 0 Å². The molecular weight excluding hydrogens is 108 g/mol. The molecule has 35 valence electrons. The van der Waals surface area contributed by atoms with Gasteiger partial charge in [0.05, 0.1) is 5.03 Å². The average Bonchev–Trinajstić information content (AvgIpc) is 1.69. The van der Waals surface area contributed by atoms with Crippen molar-refractivity contribution in [3.8, 4) is 0 Å². The van der Waals surface area contributed by atoms with Crippen LogP contribution in [0.15, 0.2) is 17.3 Å². The highest BCUT2D eigenvalue weighted by Gasteiger charge is 1.76. The summed E-state index contributed by atoms with van der Waals surface area (Å²) in [6, 6.07) is 1.69. The lowest BCUT2D eigenvalue weighted by molar-refractivity contribution is 1.04. The molecular formula is C4H3N2S. The molecule has 0 aliphatic heterocycles. The van der Waals surface area contributed by atoms with E-state index in [2.05, 4.69) is 28.9 Å². The van der Waals surface area contributed by atoms with Crippen LogP contribution >= 0.6 is 12.6 Å². The Labute approximate surface area is 47.0 Å². The van der Waals surface area contributed by atoms with Crippen molar-refractivity contribution in [2.45, 2.75) is 5.03 Å². The van der Waals surface area contributed by atoms with Crippen molar-refractivity contribution >= 4 is 12.6 Å². The van der Waals surface area contributed by atoms with Crippen LogP contribution in [0.1, 0.15) is 0 Å². The van der Waals surface area contributed by atoms with Crippen molar-refractivity contribution in [2.75, 3.05) is 0 Å². The fourth-order valence-corrected chi connectivity index (χ4v) is 0.366. The number of thiol groups is 1. The molecule has 0 aromatic carbocycles. The SMILES string of the molecule is Sc1ccn[c]n1. The molecule has 0 saturated heterocycles. The van der Waals surface area contributed by atoms with Crippen LogP contribution in [0, 0.1) is 6.33 Å². The summed E-state index contributed by atoms with van der Waals surface area (Å²) >= 11 is 3.90. The largest absolute Gasteiger partial charge is 0.234 e. The lowest BCUT2D eigenvalue weighted by atomic mass is 10.7. The van der Waals surface area contributed by atoms with Crippen molar-refractivity contribution in [2.24, 2.45) is 0 Å². The molecule has 0 unspecified atom stereocenters. The lowest BCUT2D eigenvalue weighted by Crippen LogP contribution is -1.74. The van der Waals surface area contributed by atoms with Crippen LogP contribution in [-0.4, -0.2) is 9.97 Å². The maximum absolute atomic E-state index is 3.90. The van der Waals surface area contributed by atoms with Crippen LogP contribution in [0.25, 0.3) is 0 Å². The summed E-state index contributed by atoms with van der Waals surface area (Å²) < 4.78 is 0. The summed E-state index contributed by atoms with van der Waals surface area (Å²) in [6.45, 7) is 0. The number of nitrogens with zero attached hydrogens (tertiary/aromatic N) is 2. The van der Waals surface area contributed by atoms with E-state index in [1.54, 1.807) is 12.3 Å². The first-order valence-electron chi connectivity index (χ1n) is 1.77. The van der Waals surface area contributed by atoms with Gasteiger partial charge in [-0.2, -0.15) is 0 Å². The zero-order chi connectivity index (χ0) is 5.11. The highest BCUT2D eigenvalue weighted by Crippen LogP contribution is 1.92. The van der Waals surface area contributed by atoms with Gasteiger partial charge in [-0.25, -0.2) is 9.97 Å². The van der Waals surface area contributed by atoms with Crippen molar-refractivity contribution in [1.29, 1.82) is 0 Å². The standard InChI is InChI=1S/C4H3N2S/c7-4-1-2-5-3-6-4/h1-2H,(H,5,6,7). The highest BCUT2D eigenvalue weighted by atomic mass is 32.1. The van der Waals surface area contributed by atoms with Gasteiger partial charge in [0.1, 0.15) is 0 Å². The molecule has 7 heavy (non-hydrogen) atoms. The summed E-state index contributed by atoms with van der Waals surface area (Å²) in [5.74, 6) is 0. The van der Waals surface area contributed by atoms with Gasteiger partial charge >= 0.3 is 0 Å². The Morgan fingerprint density at radius 1 is 1.71 bits per heavy atom. The minimum absolute atomic E-state index is 0.648. The first-order valence-corrected chi connectivity index (χ1v) is 2.22. The number of hydrogen-bond acceptors (Lipinski definition) is 3. The molecule has 0 aliphatic rings. The van der Waals surface area contributed by atoms with E-state index in [1.165, 1.54) is 0 Å². The van der Waals surface area contributed by atoms with E-state index in [0.717, 1.165) is 0 Å². The zero-order valence-corrected chi connectivity index (χ0v) is 4.39. The summed E-state index contributed by atoms with van der Waals surface area (Å²) in [5, 5.41) is 0.648. The Bertz CT molecular complexity index is 140. The van der Waals surface area contributed by atoms with E-state index < -0.39 is 0 Å².